The van der Waals surface area contributed by atoms with Gasteiger partial charge >= 0.3 is 12.3 Å². The van der Waals surface area contributed by atoms with Gasteiger partial charge in [-0.2, -0.15) is 0 Å². The average Bonchev–Trinajstić information content (AvgIpc) is 3.49. The number of ketones is 2. The summed E-state index contributed by atoms with van der Waals surface area (Å²) in [7, 11) is -2.20. The van der Waals surface area contributed by atoms with Crippen LogP contribution in [0.3, 0.4) is 0 Å². The molecule has 10 nitrogen and oxygen atoms in total. The third-order valence-electron chi connectivity index (χ3n) is 19.5. The Balaban J connectivity index is 0.000000156. The Kier molecular flexibility index (Phi) is 8.61. The van der Waals surface area contributed by atoms with E-state index in [1.165, 1.54) is 0 Å². The van der Waals surface area contributed by atoms with Crippen molar-refractivity contribution in [2.24, 2.45) is 80.8 Å². The summed E-state index contributed by atoms with van der Waals surface area (Å²) in [6, 6.07) is 0. The highest BCUT2D eigenvalue weighted by Gasteiger charge is 2.82. The number of aliphatic hydroxyl groups excluding tert-OH is 1. The van der Waals surface area contributed by atoms with Crippen LogP contribution in [-0.4, -0.2) is 72.9 Å². The number of rotatable bonds is 2. The predicted molar refractivity (Wildman–Crippen MR) is 222 cm³/mol. The number of fused-ring (bicyclic) bond motifs is 6. The van der Waals surface area contributed by atoms with Crippen LogP contribution >= 0.6 is 0 Å². The minimum absolute atomic E-state index is 0.0170. The Bertz CT molecular complexity index is 1980. The van der Waals surface area contributed by atoms with Crippen LogP contribution in [0.15, 0.2) is 23.3 Å². The largest absolute Gasteiger partial charge is 0.509 e. The molecule has 0 amide bonds. The number of carbonyl (C=O) groups is 4. The molecule has 2 heterocycles. The summed E-state index contributed by atoms with van der Waals surface area (Å²) in [5.74, 6) is 0.753. The summed E-state index contributed by atoms with van der Waals surface area (Å²) in [6.45, 7) is 32.7. The average molecular weight is 835 g/mol. The Morgan fingerprint density at radius 1 is 0.695 bits per heavy atom. The molecule has 6 saturated carbocycles. The first-order valence-corrected chi connectivity index (χ1v) is 25.6. The van der Waals surface area contributed by atoms with Gasteiger partial charge in [0.1, 0.15) is 0 Å². The van der Waals surface area contributed by atoms with Gasteiger partial charge in [0.05, 0.1) is 23.0 Å². The Morgan fingerprint density at radius 3 is 1.54 bits per heavy atom. The molecule has 0 unspecified atom stereocenters. The zero-order chi connectivity index (χ0) is 43.3. The predicted octanol–water partition coefficient (Wildman–Crippen LogP) is 9.24. The van der Waals surface area contributed by atoms with Gasteiger partial charge < -0.3 is 28.5 Å². The Labute approximate surface area is 352 Å². The van der Waals surface area contributed by atoms with Gasteiger partial charge in [0.2, 0.25) is 0 Å². The van der Waals surface area contributed by atoms with Crippen LogP contribution in [0.25, 0.3) is 0 Å². The second kappa shape index (κ2) is 12.1. The van der Waals surface area contributed by atoms with E-state index in [0.717, 1.165) is 24.0 Å². The lowest BCUT2D eigenvalue weighted by Gasteiger charge is -2.45. The van der Waals surface area contributed by atoms with Crippen molar-refractivity contribution in [2.75, 3.05) is 0 Å². The van der Waals surface area contributed by atoms with Crippen molar-refractivity contribution in [3.63, 3.8) is 0 Å². The minimum Gasteiger partial charge on any atom is -0.426 e. The van der Waals surface area contributed by atoms with E-state index in [4.69, 9.17) is 23.4 Å². The van der Waals surface area contributed by atoms with Crippen LogP contribution in [0, 0.1) is 80.8 Å². The number of ether oxygens (including phenoxy) is 4. The molecule has 10 aliphatic rings. The summed E-state index contributed by atoms with van der Waals surface area (Å²) in [6.07, 6.45) is 3.71. The van der Waals surface area contributed by atoms with Gasteiger partial charge in [-0.1, -0.05) is 99.5 Å². The monoisotopic (exact) mass is 834 g/mol. The van der Waals surface area contributed by atoms with Crippen molar-refractivity contribution >= 4 is 32.2 Å². The molecule has 8 aliphatic carbocycles. The molecule has 0 aromatic carbocycles. The number of hydrogen-bond acceptors (Lipinski definition) is 10. The lowest BCUT2D eigenvalue weighted by atomic mass is 9.59. The van der Waals surface area contributed by atoms with E-state index in [-0.39, 0.29) is 69.0 Å². The summed E-state index contributed by atoms with van der Waals surface area (Å²) >= 11 is 0. The molecule has 10 rings (SSSR count). The van der Waals surface area contributed by atoms with Gasteiger partial charge in [-0.05, 0) is 91.2 Å². The molecule has 11 heteroatoms. The van der Waals surface area contributed by atoms with E-state index in [1.807, 2.05) is 13.8 Å². The van der Waals surface area contributed by atoms with Crippen LogP contribution in [-0.2, 0) is 33.0 Å². The minimum atomic E-state index is -2.20. The quantitative estimate of drug-likeness (QED) is 0.163. The van der Waals surface area contributed by atoms with Gasteiger partial charge in [0.25, 0.3) is 0 Å². The first-order chi connectivity index (χ1) is 27.1. The summed E-state index contributed by atoms with van der Waals surface area (Å²) in [5, 5.41) is 11.3. The first kappa shape index (κ1) is 41.8. The molecular weight excluding hydrogens is 765 g/mol. The lowest BCUT2D eigenvalue weighted by Crippen LogP contribution is -2.59. The van der Waals surface area contributed by atoms with E-state index in [2.05, 4.69) is 101 Å². The van der Waals surface area contributed by atoms with Crippen LogP contribution in [0.2, 0.25) is 18.1 Å². The van der Waals surface area contributed by atoms with Crippen molar-refractivity contribution in [1.29, 1.82) is 0 Å². The van der Waals surface area contributed by atoms with Crippen LogP contribution in [0.1, 0.15) is 116 Å². The Hall–Kier alpha value is -2.50. The van der Waals surface area contributed by atoms with Crippen molar-refractivity contribution in [3.05, 3.63) is 23.3 Å². The number of carbonyl (C=O) groups excluding carboxylic acids is 4. The van der Waals surface area contributed by atoms with E-state index in [9.17, 15) is 24.3 Å². The highest BCUT2D eigenvalue weighted by molar-refractivity contribution is 6.74. The zero-order valence-electron chi connectivity index (χ0n) is 38.2. The fraction of sp³-hybridized carbons (Fsp3) is 0.833. The Morgan fingerprint density at radius 2 is 1.10 bits per heavy atom. The smallest absolute Gasteiger partial charge is 0.426 e. The van der Waals surface area contributed by atoms with Gasteiger partial charge in [0, 0.05) is 36.5 Å². The lowest BCUT2D eigenvalue weighted by molar-refractivity contribution is -0.149. The summed E-state index contributed by atoms with van der Waals surface area (Å²) in [4.78, 5) is 53.9. The first-order valence-electron chi connectivity index (χ1n) is 22.7. The van der Waals surface area contributed by atoms with Crippen LogP contribution < -0.4 is 0 Å². The van der Waals surface area contributed by atoms with Crippen LogP contribution in [0.4, 0.5) is 9.59 Å². The molecule has 4 bridgehead atoms. The SMILES string of the molecule is CC1=C[C@]23C(=O)[C@@H]([C@H](O)[C@H](C)[C@H]4OC(=O)O[C@]42C1)[C@H]1[C@@H](C[C@H]3C)C1(C)C.CC1=C[C@]23C(=O)[C@@H]([C@H](O[Si](C)(C)C(C)(C)C)[C@H](C)[C@H]4OC(=O)O[C@]42C1)[C@H]1[C@@H](C[C@H]3C)C1(C)C. The molecule has 8 fully saturated rings. The molecule has 0 radical (unpaired) electrons. The third-order valence-corrected chi connectivity index (χ3v) is 24.0. The molecule has 0 aromatic heterocycles. The summed E-state index contributed by atoms with van der Waals surface area (Å²) in [5.41, 5.74) is -1.27. The maximum atomic E-state index is 14.9. The highest BCUT2D eigenvalue weighted by atomic mass is 28.4. The number of Topliss-reactive ketones (excluding diaryl/α,β-unsaturated/α-hetero) is 2. The molecule has 1 N–H and O–H groups in total. The fourth-order valence-corrected chi connectivity index (χ4v) is 17.0. The molecule has 4 spiro atoms. The van der Waals surface area contributed by atoms with Gasteiger partial charge in [-0.25, -0.2) is 9.59 Å². The molecule has 0 aromatic rings. The van der Waals surface area contributed by atoms with E-state index in [0.29, 0.717) is 30.6 Å². The molecule has 18 atom stereocenters. The van der Waals surface area contributed by atoms with E-state index in [1.54, 1.807) is 0 Å². The van der Waals surface area contributed by atoms with Crippen molar-refractivity contribution < 1.29 is 47.7 Å². The second-order valence-corrected chi connectivity index (χ2v) is 28.9. The molecule has 2 saturated heterocycles. The number of aliphatic hydroxyl groups is 1. The standard InChI is InChI=1S/C27H42O5Si.C21H28O5/c1-14-12-26-15(2)11-17-19(25(17,7)8)18(21(26)28)20(32-33(9,10)24(4,5)6)16(3)22-27(26,13-14)31-23(29)30-22;1-9-7-20-10(2)6-12-14(19(12,4)5)13(16(20)23)15(22)11(3)17-21(20,8-9)26-18(24)25-17/h12,15-20,22H,11,13H2,1-10H3;7,10-15,17,22H,6,8H2,1-5H3/t15-,16+,17-,18-,19-,20-,22-,26+,27-;10-,11+,12-,13-,14-,15-,17-,20+,21-/m11/s1. The van der Waals surface area contributed by atoms with Crippen molar-refractivity contribution in [3.8, 4) is 0 Å². The maximum absolute atomic E-state index is 14.9. The molecule has 59 heavy (non-hydrogen) atoms. The van der Waals surface area contributed by atoms with Crippen LogP contribution in [0.5, 0.6) is 0 Å². The molecular formula is C48H70O10Si. The zero-order valence-corrected chi connectivity index (χ0v) is 39.2. The highest BCUT2D eigenvalue weighted by Crippen LogP contribution is 2.75. The van der Waals surface area contributed by atoms with Crippen molar-refractivity contribution in [2.45, 2.75) is 169 Å². The molecule has 2 aliphatic heterocycles. The topological polar surface area (TPSA) is 135 Å². The third kappa shape index (κ3) is 4.93. The fourth-order valence-electron chi connectivity index (χ4n) is 15.6. The second-order valence-electron chi connectivity index (χ2n) is 24.1. The van der Waals surface area contributed by atoms with E-state index >= 15 is 0 Å². The van der Waals surface area contributed by atoms with Gasteiger partial charge in [-0.15, -0.1) is 0 Å². The van der Waals surface area contributed by atoms with Gasteiger partial charge in [0.15, 0.2) is 43.3 Å². The normalized spacial score (nSPS) is 51.6. The van der Waals surface area contributed by atoms with Crippen molar-refractivity contribution in [1.82, 2.24) is 0 Å². The summed E-state index contributed by atoms with van der Waals surface area (Å²) < 4.78 is 30.8. The van der Waals surface area contributed by atoms with E-state index < -0.39 is 66.9 Å². The number of hydrogen-bond donors (Lipinski definition) is 1. The maximum Gasteiger partial charge on any atom is 0.509 e. The molecule has 326 valence electrons. The van der Waals surface area contributed by atoms with Gasteiger partial charge in [-0.3, -0.25) is 9.59 Å².